The molecule has 0 aliphatic carbocycles. The van der Waals surface area contributed by atoms with Crippen LogP contribution in [-0.4, -0.2) is 45.7 Å². The summed E-state index contributed by atoms with van der Waals surface area (Å²) in [5.74, 6) is 0.720. The second-order valence-corrected chi connectivity index (χ2v) is 10.2. The summed E-state index contributed by atoms with van der Waals surface area (Å²) >= 11 is 0. The molecular weight excluding hydrogens is 408 g/mol. The molecule has 7 heteroatoms. The van der Waals surface area contributed by atoms with Gasteiger partial charge in [-0.3, -0.25) is 9.89 Å². The molecule has 168 valence electrons. The van der Waals surface area contributed by atoms with Crippen LogP contribution in [0.4, 0.5) is 0 Å². The third kappa shape index (κ3) is 6.80. The number of nitrogens with zero attached hydrogens (tertiary/aromatic N) is 2. The molecule has 2 N–H and O–H groups in total. The molecule has 1 aliphatic heterocycles. The quantitative estimate of drug-likeness (QED) is 0.509. The van der Waals surface area contributed by atoms with E-state index in [4.69, 9.17) is 0 Å². The smallest absolute Gasteiger partial charge is 0.191 e. The van der Waals surface area contributed by atoms with Crippen LogP contribution >= 0.6 is 0 Å². The molecule has 31 heavy (non-hydrogen) atoms. The molecule has 2 aromatic rings. The third-order valence-electron chi connectivity index (χ3n) is 5.73. The van der Waals surface area contributed by atoms with Crippen molar-refractivity contribution in [1.82, 2.24) is 15.5 Å². The van der Waals surface area contributed by atoms with Crippen LogP contribution in [0.3, 0.4) is 0 Å². The van der Waals surface area contributed by atoms with E-state index in [1.807, 2.05) is 19.1 Å². The predicted octanol–water partition coefficient (Wildman–Crippen LogP) is 3.25. The molecule has 0 atom stereocenters. The van der Waals surface area contributed by atoms with E-state index in [9.17, 15) is 8.42 Å². The average Bonchev–Trinajstić information content (AvgIpc) is 2.75. The zero-order chi connectivity index (χ0) is 22.3. The first kappa shape index (κ1) is 23.3. The molecule has 2 aromatic carbocycles. The molecule has 0 radical (unpaired) electrons. The minimum atomic E-state index is -3.20. The van der Waals surface area contributed by atoms with Gasteiger partial charge in [-0.05, 0) is 61.2 Å². The number of piperidine rings is 1. The number of likely N-dealkylation sites (tertiary alicyclic amines) is 1. The Balaban J connectivity index is 1.57. The van der Waals surface area contributed by atoms with E-state index in [1.165, 1.54) is 49.7 Å². The number of nitrogens with one attached hydrogen (secondary N) is 2. The van der Waals surface area contributed by atoms with Crippen LogP contribution in [0.5, 0.6) is 0 Å². The van der Waals surface area contributed by atoms with E-state index in [-0.39, 0.29) is 0 Å². The lowest BCUT2D eigenvalue weighted by Crippen LogP contribution is -2.36. The molecule has 3 rings (SSSR count). The van der Waals surface area contributed by atoms with Crippen molar-refractivity contribution in [3.8, 4) is 0 Å². The molecule has 0 saturated carbocycles. The van der Waals surface area contributed by atoms with Gasteiger partial charge in [0.25, 0.3) is 0 Å². The van der Waals surface area contributed by atoms with Gasteiger partial charge >= 0.3 is 0 Å². The zero-order valence-electron chi connectivity index (χ0n) is 18.8. The highest BCUT2D eigenvalue weighted by Gasteiger charge is 2.13. The van der Waals surface area contributed by atoms with Crippen molar-refractivity contribution >= 4 is 15.8 Å². The van der Waals surface area contributed by atoms with Crippen LogP contribution in [0.15, 0.2) is 52.4 Å². The fourth-order valence-electron chi connectivity index (χ4n) is 4.07. The van der Waals surface area contributed by atoms with Gasteiger partial charge in [0.15, 0.2) is 15.8 Å². The van der Waals surface area contributed by atoms with Crippen LogP contribution in [0, 0.1) is 6.92 Å². The Hall–Kier alpha value is -2.38. The van der Waals surface area contributed by atoms with E-state index in [0.29, 0.717) is 18.0 Å². The Labute approximate surface area is 186 Å². The SMILES string of the molecule is CN=C(NCc1ccc(S(C)(=O)=O)c(C)c1)NCc1ccccc1CN1CCCCC1. The Kier molecular flexibility index (Phi) is 8.09. The van der Waals surface area contributed by atoms with Crippen LogP contribution in [0.1, 0.15) is 41.5 Å². The summed E-state index contributed by atoms with van der Waals surface area (Å²) in [6.45, 7) is 6.46. The highest BCUT2D eigenvalue weighted by molar-refractivity contribution is 7.90. The first-order valence-electron chi connectivity index (χ1n) is 10.9. The number of hydrogen-bond acceptors (Lipinski definition) is 4. The molecule has 0 spiro atoms. The van der Waals surface area contributed by atoms with E-state index in [2.05, 4.69) is 44.8 Å². The molecule has 0 unspecified atom stereocenters. The van der Waals surface area contributed by atoms with E-state index in [0.717, 1.165) is 23.6 Å². The summed E-state index contributed by atoms with van der Waals surface area (Å²) in [6.07, 6.45) is 5.17. The predicted molar refractivity (Wildman–Crippen MR) is 127 cm³/mol. The maximum Gasteiger partial charge on any atom is 0.191 e. The normalized spacial score (nSPS) is 15.6. The molecule has 0 aromatic heterocycles. The minimum Gasteiger partial charge on any atom is -0.352 e. The lowest BCUT2D eigenvalue weighted by molar-refractivity contribution is 0.220. The van der Waals surface area contributed by atoms with E-state index in [1.54, 1.807) is 13.1 Å². The van der Waals surface area contributed by atoms with Crippen molar-refractivity contribution in [3.63, 3.8) is 0 Å². The fraction of sp³-hybridized carbons (Fsp3) is 0.458. The van der Waals surface area contributed by atoms with E-state index >= 15 is 0 Å². The maximum atomic E-state index is 11.8. The minimum absolute atomic E-state index is 0.379. The topological polar surface area (TPSA) is 73.8 Å². The van der Waals surface area contributed by atoms with Crippen molar-refractivity contribution in [1.29, 1.82) is 0 Å². The second-order valence-electron chi connectivity index (χ2n) is 8.26. The molecule has 6 nitrogen and oxygen atoms in total. The van der Waals surface area contributed by atoms with Gasteiger partial charge in [0.1, 0.15) is 0 Å². The molecule has 0 amide bonds. The average molecular weight is 443 g/mol. The number of guanidine groups is 1. The Morgan fingerprint density at radius 3 is 2.32 bits per heavy atom. The molecule has 1 saturated heterocycles. The van der Waals surface area contributed by atoms with Crippen molar-refractivity contribution in [2.75, 3.05) is 26.4 Å². The van der Waals surface area contributed by atoms with Crippen LogP contribution < -0.4 is 10.6 Å². The number of sulfone groups is 1. The highest BCUT2D eigenvalue weighted by atomic mass is 32.2. The van der Waals surface area contributed by atoms with Crippen molar-refractivity contribution in [2.45, 2.75) is 50.7 Å². The van der Waals surface area contributed by atoms with Gasteiger partial charge in [-0.25, -0.2) is 8.42 Å². The monoisotopic (exact) mass is 442 g/mol. The molecule has 1 fully saturated rings. The van der Waals surface area contributed by atoms with Crippen molar-refractivity contribution in [3.05, 3.63) is 64.7 Å². The van der Waals surface area contributed by atoms with Gasteiger partial charge in [-0.15, -0.1) is 0 Å². The Morgan fingerprint density at radius 1 is 1.00 bits per heavy atom. The Morgan fingerprint density at radius 2 is 1.68 bits per heavy atom. The lowest BCUT2D eigenvalue weighted by Gasteiger charge is -2.27. The first-order valence-corrected chi connectivity index (χ1v) is 12.8. The lowest BCUT2D eigenvalue weighted by atomic mass is 10.0. The van der Waals surface area contributed by atoms with Gasteiger partial charge < -0.3 is 10.6 Å². The molecule has 1 aliphatic rings. The van der Waals surface area contributed by atoms with Crippen LogP contribution in [0.25, 0.3) is 0 Å². The van der Waals surface area contributed by atoms with Crippen molar-refractivity contribution < 1.29 is 8.42 Å². The second kappa shape index (κ2) is 10.8. The van der Waals surface area contributed by atoms with Crippen molar-refractivity contribution in [2.24, 2.45) is 4.99 Å². The number of aliphatic imine (C=N–C) groups is 1. The van der Waals surface area contributed by atoms with Crippen LogP contribution in [-0.2, 0) is 29.5 Å². The summed E-state index contributed by atoms with van der Waals surface area (Å²) in [4.78, 5) is 7.25. The first-order chi connectivity index (χ1) is 14.9. The molecular formula is C24H34N4O2S. The zero-order valence-corrected chi connectivity index (χ0v) is 19.6. The Bertz CT molecular complexity index is 1010. The summed E-state index contributed by atoms with van der Waals surface area (Å²) in [7, 11) is -1.44. The number of rotatable bonds is 7. The summed E-state index contributed by atoms with van der Waals surface area (Å²) in [5, 5.41) is 6.73. The van der Waals surface area contributed by atoms with Gasteiger partial charge in [0, 0.05) is 32.9 Å². The maximum absolute atomic E-state index is 11.8. The third-order valence-corrected chi connectivity index (χ3v) is 6.99. The highest BCUT2D eigenvalue weighted by Crippen LogP contribution is 2.17. The largest absolute Gasteiger partial charge is 0.352 e. The van der Waals surface area contributed by atoms with Gasteiger partial charge in [-0.1, -0.05) is 42.8 Å². The summed E-state index contributed by atoms with van der Waals surface area (Å²) in [6, 6.07) is 14.0. The standard InChI is InChI=1S/C24H34N4O2S/c1-19-15-20(11-12-23(19)31(3,29)30)16-26-24(25-2)27-17-21-9-5-6-10-22(21)18-28-13-7-4-8-14-28/h5-6,9-12,15H,4,7-8,13-14,16-18H2,1-3H3,(H2,25,26,27). The van der Waals surface area contributed by atoms with Gasteiger partial charge in [0.05, 0.1) is 4.90 Å². The van der Waals surface area contributed by atoms with Crippen LogP contribution in [0.2, 0.25) is 0 Å². The summed E-state index contributed by atoms with van der Waals surface area (Å²) in [5.41, 5.74) is 4.42. The number of aryl methyl sites for hydroxylation is 1. The van der Waals surface area contributed by atoms with E-state index < -0.39 is 9.84 Å². The fourth-order valence-corrected chi connectivity index (χ4v) is 5.02. The van der Waals surface area contributed by atoms with Gasteiger partial charge in [-0.2, -0.15) is 0 Å². The summed E-state index contributed by atoms with van der Waals surface area (Å²) < 4.78 is 23.6. The number of benzene rings is 2. The van der Waals surface area contributed by atoms with Gasteiger partial charge in [0.2, 0.25) is 0 Å². The molecule has 1 heterocycles. The molecule has 0 bridgehead atoms. The number of hydrogen-bond donors (Lipinski definition) is 2.